The molecule has 0 unspecified atom stereocenters. The molecule has 0 saturated carbocycles. The van der Waals surface area contributed by atoms with E-state index in [0.717, 1.165) is 6.07 Å². The van der Waals surface area contributed by atoms with Crippen LogP contribution >= 0.6 is 11.6 Å². The molecule has 3 rings (SSSR count). The van der Waals surface area contributed by atoms with Crippen molar-refractivity contribution in [3.05, 3.63) is 67.8 Å². The predicted molar refractivity (Wildman–Crippen MR) is 96.3 cm³/mol. The number of hydrogen-bond acceptors (Lipinski definition) is 7. The molecule has 3 aromatic rings. The summed E-state index contributed by atoms with van der Waals surface area (Å²) in [7, 11) is 1.47. The van der Waals surface area contributed by atoms with Crippen LogP contribution in [0.3, 0.4) is 0 Å². The normalized spacial score (nSPS) is 10.5. The molecular formula is C16H11ClN4O5. The van der Waals surface area contributed by atoms with E-state index >= 15 is 0 Å². The summed E-state index contributed by atoms with van der Waals surface area (Å²) >= 11 is 6.08. The third kappa shape index (κ3) is 3.07. The zero-order valence-corrected chi connectivity index (χ0v) is 14.1. The van der Waals surface area contributed by atoms with Gasteiger partial charge < -0.3 is 10.1 Å². The van der Waals surface area contributed by atoms with Crippen LogP contribution in [-0.4, -0.2) is 21.9 Å². The van der Waals surface area contributed by atoms with Crippen LogP contribution in [0.25, 0.3) is 10.9 Å². The Bertz CT molecular complexity index is 1040. The molecule has 0 radical (unpaired) electrons. The second kappa shape index (κ2) is 6.81. The summed E-state index contributed by atoms with van der Waals surface area (Å²) in [5.74, 6) is 0.443. The van der Waals surface area contributed by atoms with Crippen LogP contribution in [0, 0.1) is 20.2 Å². The molecule has 1 aromatic heterocycles. The quantitative estimate of drug-likeness (QED) is 0.517. The van der Waals surface area contributed by atoms with Crippen LogP contribution < -0.4 is 10.1 Å². The van der Waals surface area contributed by atoms with Crippen molar-refractivity contribution in [3.8, 4) is 5.75 Å². The number of halogens is 1. The van der Waals surface area contributed by atoms with Crippen molar-refractivity contribution >= 4 is 45.3 Å². The van der Waals surface area contributed by atoms with E-state index in [1.54, 1.807) is 12.1 Å². The third-order valence-electron chi connectivity index (χ3n) is 3.66. The van der Waals surface area contributed by atoms with Gasteiger partial charge in [0.1, 0.15) is 17.0 Å². The maximum Gasteiger partial charge on any atom is 0.301 e. The van der Waals surface area contributed by atoms with Gasteiger partial charge in [-0.3, -0.25) is 25.2 Å². The lowest BCUT2D eigenvalue weighted by atomic mass is 10.1. The highest BCUT2D eigenvalue weighted by atomic mass is 35.5. The van der Waals surface area contributed by atoms with Crippen LogP contribution in [0.15, 0.2) is 42.6 Å². The first-order chi connectivity index (χ1) is 12.4. The van der Waals surface area contributed by atoms with E-state index in [1.807, 2.05) is 0 Å². The first-order valence-electron chi connectivity index (χ1n) is 7.23. The number of nitrogens with zero attached hydrogens (tertiary/aromatic N) is 3. The summed E-state index contributed by atoms with van der Waals surface area (Å²) in [4.78, 5) is 25.5. The summed E-state index contributed by atoms with van der Waals surface area (Å²) in [6, 6.07) is 8.66. The number of aromatic nitrogens is 1. The number of pyridine rings is 1. The molecule has 0 fully saturated rings. The number of methoxy groups -OCH3 is 1. The molecule has 0 aliphatic rings. The van der Waals surface area contributed by atoms with E-state index in [9.17, 15) is 20.2 Å². The molecule has 0 atom stereocenters. The zero-order chi connectivity index (χ0) is 18.8. The molecule has 132 valence electrons. The maximum absolute atomic E-state index is 11.5. The predicted octanol–water partition coefficient (Wildman–Crippen LogP) is 4.46. The Morgan fingerprint density at radius 2 is 1.85 bits per heavy atom. The highest BCUT2D eigenvalue weighted by molar-refractivity contribution is 6.32. The molecule has 26 heavy (non-hydrogen) atoms. The van der Waals surface area contributed by atoms with Gasteiger partial charge in [0.15, 0.2) is 0 Å². The van der Waals surface area contributed by atoms with Gasteiger partial charge in [-0.25, -0.2) is 0 Å². The minimum atomic E-state index is -0.700. The van der Waals surface area contributed by atoms with Crippen molar-refractivity contribution in [2.24, 2.45) is 0 Å². The molecular weight excluding hydrogens is 364 g/mol. The van der Waals surface area contributed by atoms with E-state index < -0.39 is 21.2 Å². The van der Waals surface area contributed by atoms with Crippen LogP contribution in [0.5, 0.6) is 5.75 Å². The van der Waals surface area contributed by atoms with Gasteiger partial charge in [-0.05, 0) is 30.3 Å². The minimum Gasteiger partial charge on any atom is -0.495 e. The van der Waals surface area contributed by atoms with Crippen molar-refractivity contribution in [2.75, 3.05) is 12.4 Å². The van der Waals surface area contributed by atoms with Gasteiger partial charge in [-0.1, -0.05) is 11.6 Å². The number of nitrogens with one attached hydrogen (secondary N) is 1. The van der Waals surface area contributed by atoms with Crippen molar-refractivity contribution in [1.82, 2.24) is 4.98 Å². The Balaban J connectivity index is 2.23. The molecule has 9 nitrogen and oxygen atoms in total. The Morgan fingerprint density at radius 1 is 1.12 bits per heavy atom. The molecule has 0 aliphatic heterocycles. The molecule has 0 amide bonds. The van der Waals surface area contributed by atoms with E-state index in [-0.39, 0.29) is 16.6 Å². The lowest BCUT2D eigenvalue weighted by Gasteiger charge is -2.11. The van der Waals surface area contributed by atoms with E-state index in [0.29, 0.717) is 16.5 Å². The van der Waals surface area contributed by atoms with Crippen LogP contribution in [0.1, 0.15) is 0 Å². The second-order valence-corrected chi connectivity index (χ2v) is 5.59. The van der Waals surface area contributed by atoms with Crippen LogP contribution in [-0.2, 0) is 0 Å². The summed E-state index contributed by atoms with van der Waals surface area (Å²) in [5.41, 5.74) is -0.259. The number of nitro benzene ring substituents is 2. The molecule has 1 heterocycles. The highest BCUT2D eigenvalue weighted by Crippen LogP contribution is 2.40. The fourth-order valence-electron chi connectivity index (χ4n) is 2.52. The first-order valence-corrected chi connectivity index (χ1v) is 7.61. The number of anilines is 2. The molecule has 2 aromatic carbocycles. The number of non-ortho nitro benzene ring substituents is 1. The second-order valence-electron chi connectivity index (χ2n) is 5.18. The average molecular weight is 375 g/mol. The molecule has 1 N–H and O–H groups in total. The Hall–Kier alpha value is -3.46. The number of rotatable bonds is 5. The molecule has 0 saturated heterocycles. The summed E-state index contributed by atoms with van der Waals surface area (Å²) in [5, 5.41) is 26.1. The zero-order valence-electron chi connectivity index (χ0n) is 13.3. The summed E-state index contributed by atoms with van der Waals surface area (Å²) in [6.07, 6.45) is 1.40. The topological polar surface area (TPSA) is 120 Å². The Morgan fingerprint density at radius 3 is 2.46 bits per heavy atom. The largest absolute Gasteiger partial charge is 0.495 e. The maximum atomic E-state index is 11.5. The van der Waals surface area contributed by atoms with Gasteiger partial charge in [0, 0.05) is 11.9 Å². The number of ether oxygens (including phenoxy) is 1. The van der Waals surface area contributed by atoms with E-state index in [2.05, 4.69) is 10.3 Å². The first kappa shape index (κ1) is 17.4. The number of hydrogen-bond donors (Lipinski definition) is 1. The molecule has 0 bridgehead atoms. The summed E-state index contributed by atoms with van der Waals surface area (Å²) < 4.78 is 5.07. The fraction of sp³-hybridized carbons (Fsp3) is 0.0625. The van der Waals surface area contributed by atoms with Gasteiger partial charge >= 0.3 is 5.69 Å². The van der Waals surface area contributed by atoms with Gasteiger partial charge in [-0.15, -0.1) is 0 Å². The van der Waals surface area contributed by atoms with Gasteiger partial charge in [0.05, 0.1) is 33.4 Å². The minimum absolute atomic E-state index is 0.0393. The molecule has 0 spiro atoms. The van der Waals surface area contributed by atoms with Crippen molar-refractivity contribution in [1.29, 1.82) is 0 Å². The van der Waals surface area contributed by atoms with Gasteiger partial charge in [0.2, 0.25) is 0 Å². The Labute approximate surface area is 151 Å². The van der Waals surface area contributed by atoms with Crippen molar-refractivity contribution in [2.45, 2.75) is 0 Å². The highest BCUT2D eigenvalue weighted by Gasteiger charge is 2.26. The fourth-order valence-corrected chi connectivity index (χ4v) is 2.78. The number of fused-ring (bicyclic) bond motifs is 1. The molecule has 10 heteroatoms. The van der Waals surface area contributed by atoms with E-state index in [4.69, 9.17) is 16.3 Å². The van der Waals surface area contributed by atoms with Gasteiger partial charge in [-0.2, -0.15) is 0 Å². The lowest BCUT2D eigenvalue weighted by Crippen LogP contribution is -2.02. The van der Waals surface area contributed by atoms with E-state index in [1.165, 1.54) is 31.5 Å². The Kier molecular flexibility index (Phi) is 4.55. The smallest absolute Gasteiger partial charge is 0.301 e. The van der Waals surface area contributed by atoms with Crippen molar-refractivity contribution in [3.63, 3.8) is 0 Å². The van der Waals surface area contributed by atoms with Crippen LogP contribution in [0.2, 0.25) is 5.02 Å². The average Bonchev–Trinajstić information content (AvgIpc) is 2.61. The molecule has 0 aliphatic carbocycles. The number of benzene rings is 2. The SMILES string of the molecule is COc1ccc(Nc2c([N+](=O)[O-])cc([N+](=O)[O-])c3cccnc23)cc1Cl. The summed E-state index contributed by atoms with van der Waals surface area (Å²) in [6.45, 7) is 0. The standard InChI is InChI=1S/C16H11ClN4O5/c1-26-14-5-4-9(7-11(14)17)19-16-13(21(24)25)8-12(20(22)23)10-3-2-6-18-15(10)16/h2-8,19H,1H3. The van der Waals surface area contributed by atoms with Crippen LogP contribution in [0.4, 0.5) is 22.7 Å². The number of nitro groups is 2. The monoisotopic (exact) mass is 374 g/mol. The van der Waals surface area contributed by atoms with Gasteiger partial charge in [0.25, 0.3) is 5.69 Å². The lowest BCUT2D eigenvalue weighted by molar-refractivity contribution is -0.392. The van der Waals surface area contributed by atoms with Crippen molar-refractivity contribution < 1.29 is 14.6 Å². The third-order valence-corrected chi connectivity index (χ3v) is 3.96.